The third-order valence-electron chi connectivity index (χ3n) is 3.34. The lowest BCUT2D eigenvalue weighted by atomic mass is 9.96. The van der Waals surface area contributed by atoms with E-state index < -0.39 is 0 Å². The van der Waals surface area contributed by atoms with Crippen LogP contribution in [0.5, 0.6) is 0 Å². The van der Waals surface area contributed by atoms with E-state index in [0.29, 0.717) is 17.5 Å². The monoisotopic (exact) mass is 281 g/mol. The first-order valence-corrected chi connectivity index (χ1v) is 7.13. The molecule has 1 aromatic rings. The number of benzene rings is 1. The van der Waals surface area contributed by atoms with Gasteiger partial charge in [0.1, 0.15) is 0 Å². The van der Waals surface area contributed by atoms with Gasteiger partial charge >= 0.3 is 6.03 Å². The van der Waals surface area contributed by atoms with Crippen LogP contribution in [0.1, 0.15) is 19.3 Å². The summed E-state index contributed by atoms with van der Waals surface area (Å²) < 4.78 is 0. The molecule has 0 aromatic heterocycles. The smallest absolute Gasteiger partial charge is 0.319 e. The molecule has 1 unspecified atom stereocenters. The van der Waals surface area contributed by atoms with Crippen LogP contribution in [0.25, 0.3) is 0 Å². The van der Waals surface area contributed by atoms with Crippen molar-refractivity contribution in [3.63, 3.8) is 0 Å². The van der Waals surface area contributed by atoms with E-state index in [-0.39, 0.29) is 6.03 Å². The highest BCUT2D eigenvalue weighted by Crippen LogP contribution is 2.14. The standard InChI is InChI=1S/C14H20ClN3O/c15-12-3-5-13(6-4-12)18-14(19)17-9-7-11-2-1-8-16-10-11/h3-6,11,16H,1-2,7-10H2,(H2,17,18,19). The van der Waals surface area contributed by atoms with Crippen molar-refractivity contribution >= 4 is 23.3 Å². The second-order valence-electron chi connectivity index (χ2n) is 4.89. The molecular formula is C14H20ClN3O. The van der Waals surface area contributed by atoms with Gasteiger partial charge in [0.05, 0.1) is 0 Å². The molecule has 104 valence electrons. The zero-order valence-electron chi connectivity index (χ0n) is 10.9. The van der Waals surface area contributed by atoms with Gasteiger partial charge in [-0.2, -0.15) is 0 Å². The van der Waals surface area contributed by atoms with Crippen molar-refractivity contribution in [2.24, 2.45) is 5.92 Å². The SMILES string of the molecule is O=C(NCCC1CCCNC1)Nc1ccc(Cl)cc1. The Morgan fingerprint density at radius 3 is 2.84 bits per heavy atom. The van der Waals surface area contributed by atoms with Gasteiger partial charge in [0.2, 0.25) is 0 Å². The van der Waals surface area contributed by atoms with Crippen LogP contribution in [0, 0.1) is 5.92 Å². The Labute approximate surface area is 118 Å². The first-order valence-electron chi connectivity index (χ1n) is 6.75. The molecule has 1 heterocycles. The number of carbonyl (C=O) groups is 1. The number of amides is 2. The highest BCUT2D eigenvalue weighted by molar-refractivity contribution is 6.30. The predicted molar refractivity (Wildman–Crippen MR) is 78.7 cm³/mol. The number of carbonyl (C=O) groups excluding carboxylic acids is 1. The largest absolute Gasteiger partial charge is 0.338 e. The quantitative estimate of drug-likeness (QED) is 0.795. The summed E-state index contributed by atoms with van der Waals surface area (Å²) in [5, 5.41) is 9.70. The summed E-state index contributed by atoms with van der Waals surface area (Å²) >= 11 is 5.78. The molecule has 1 aliphatic heterocycles. The molecule has 1 atom stereocenters. The highest BCUT2D eigenvalue weighted by Gasteiger charge is 2.12. The Bertz CT molecular complexity index is 402. The fraction of sp³-hybridized carbons (Fsp3) is 0.500. The van der Waals surface area contributed by atoms with Crippen molar-refractivity contribution in [2.45, 2.75) is 19.3 Å². The van der Waals surface area contributed by atoms with E-state index in [4.69, 9.17) is 11.6 Å². The van der Waals surface area contributed by atoms with Crippen molar-refractivity contribution < 1.29 is 4.79 Å². The predicted octanol–water partition coefficient (Wildman–Crippen LogP) is 2.85. The maximum absolute atomic E-state index is 11.7. The molecule has 1 saturated heterocycles. The fourth-order valence-electron chi connectivity index (χ4n) is 2.27. The molecule has 3 N–H and O–H groups in total. The summed E-state index contributed by atoms with van der Waals surface area (Å²) in [6.45, 7) is 2.91. The van der Waals surface area contributed by atoms with Crippen molar-refractivity contribution in [3.8, 4) is 0 Å². The van der Waals surface area contributed by atoms with Gasteiger partial charge in [-0.3, -0.25) is 0 Å². The summed E-state index contributed by atoms with van der Waals surface area (Å²) in [4.78, 5) is 11.7. The normalized spacial score (nSPS) is 18.9. The molecule has 5 heteroatoms. The fourth-order valence-corrected chi connectivity index (χ4v) is 2.39. The number of hydrogen-bond donors (Lipinski definition) is 3. The van der Waals surface area contributed by atoms with Crippen LogP contribution in [0.4, 0.5) is 10.5 Å². The minimum Gasteiger partial charge on any atom is -0.338 e. The summed E-state index contributed by atoms with van der Waals surface area (Å²) in [5.41, 5.74) is 0.751. The van der Waals surface area contributed by atoms with Gasteiger partial charge in [0.25, 0.3) is 0 Å². The Balaban J connectivity index is 1.65. The molecule has 2 rings (SSSR count). The Morgan fingerprint density at radius 2 is 2.16 bits per heavy atom. The van der Waals surface area contributed by atoms with Crippen LogP contribution >= 0.6 is 11.6 Å². The van der Waals surface area contributed by atoms with E-state index in [1.54, 1.807) is 24.3 Å². The molecule has 0 aliphatic carbocycles. The first-order chi connectivity index (χ1) is 9.24. The molecule has 19 heavy (non-hydrogen) atoms. The molecule has 0 spiro atoms. The molecule has 1 aromatic carbocycles. The zero-order chi connectivity index (χ0) is 13.5. The molecule has 2 amide bonds. The number of hydrogen-bond acceptors (Lipinski definition) is 2. The third kappa shape index (κ3) is 5.09. The molecule has 1 aliphatic rings. The van der Waals surface area contributed by atoms with Gasteiger partial charge in [-0.1, -0.05) is 11.6 Å². The van der Waals surface area contributed by atoms with Crippen molar-refractivity contribution in [1.29, 1.82) is 0 Å². The van der Waals surface area contributed by atoms with Crippen LogP contribution in [0.2, 0.25) is 5.02 Å². The van der Waals surface area contributed by atoms with Crippen molar-refractivity contribution in [3.05, 3.63) is 29.3 Å². The van der Waals surface area contributed by atoms with Gasteiger partial charge in [-0.25, -0.2) is 4.79 Å². The zero-order valence-corrected chi connectivity index (χ0v) is 11.7. The van der Waals surface area contributed by atoms with Gasteiger partial charge in [0.15, 0.2) is 0 Å². The minimum atomic E-state index is -0.161. The van der Waals surface area contributed by atoms with Crippen LogP contribution in [0.3, 0.4) is 0 Å². The lowest BCUT2D eigenvalue weighted by molar-refractivity contribution is 0.250. The lowest BCUT2D eigenvalue weighted by Crippen LogP contribution is -2.34. The highest BCUT2D eigenvalue weighted by atomic mass is 35.5. The van der Waals surface area contributed by atoms with Gasteiger partial charge in [-0.15, -0.1) is 0 Å². The molecule has 0 radical (unpaired) electrons. The van der Waals surface area contributed by atoms with E-state index in [1.165, 1.54) is 12.8 Å². The van der Waals surface area contributed by atoms with Gasteiger partial charge in [-0.05, 0) is 62.5 Å². The van der Waals surface area contributed by atoms with Crippen molar-refractivity contribution in [2.75, 3.05) is 25.0 Å². The van der Waals surface area contributed by atoms with Gasteiger partial charge in [0, 0.05) is 17.3 Å². The molecule has 1 fully saturated rings. The number of nitrogens with one attached hydrogen (secondary N) is 3. The Hall–Kier alpha value is -1.26. The second-order valence-corrected chi connectivity index (χ2v) is 5.33. The number of halogens is 1. The maximum atomic E-state index is 11.7. The second kappa shape index (κ2) is 7.36. The average molecular weight is 282 g/mol. The maximum Gasteiger partial charge on any atom is 0.319 e. The topological polar surface area (TPSA) is 53.2 Å². The lowest BCUT2D eigenvalue weighted by Gasteiger charge is -2.22. The molecule has 0 saturated carbocycles. The van der Waals surface area contributed by atoms with E-state index >= 15 is 0 Å². The van der Waals surface area contributed by atoms with Crippen LogP contribution in [0.15, 0.2) is 24.3 Å². The van der Waals surface area contributed by atoms with E-state index in [2.05, 4.69) is 16.0 Å². The van der Waals surface area contributed by atoms with Crippen LogP contribution < -0.4 is 16.0 Å². The number of piperidine rings is 1. The molecule has 0 bridgehead atoms. The summed E-state index contributed by atoms with van der Waals surface area (Å²) in [6.07, 6.45) is 3.52. The minimum absolute atomic E-state index is 0.161. The molecular weight excluding hydrogens is 262 g/mol. The summed E-state index contributed by atoms with van der Waals surface area (Å²) in [5.74, 6) is 0.685. The Kier molecular flexibility index (Phi) is 5.48. The van der Waals surface area contributed by atoms with E-state index in [9.17, 15) is 4.79 Å². The van der Waals surface area contributed by atoms with Crippen LogP contribution in [-0.2, 0) is 0 Å². The summed E-state index contributed by atoms with van der Waals surface area (Å²) in [6, 6.07) is 6.92. The average Bonchev–Trinajstić information content (AvgIpc) is 2.43. The van der Waals surface area contributed by atoms with E-state index in [0.717, 1.165) is 25.2 Å². The van der Waals surface area contributed by atoms with Crippen molar-refractivity contribution in [1.82, 2.24) is 10.6 Å². The van der Waals surface area contributed by atoms with E-state index in [1.807, 2.05) is 0 Å². The third-order valence-corrected chi connectivity index (χ3v) is 3.59. The first kappa shape index (κ1) is 14.2. The Morgan fingerprint density at radius 1 is 1.37 bits per heavy atom. The summed E-state index contributed by atoms with van der Waals surface area (Å²) in [7, 11) is 0. The number of urea groups is 1. The number of rotatable bonds is 4. The van der Waals surface area contributed by atoms with Crippen LogP contribution in [-0.4, -0.2) is 25.7 Å². The number of anilines is 1. The molecule has 4 nitrogen and oxygen atoms in total. The van der Waals surface area contributed by atoms with Gasteiger partial charge < -0.3 is 16.0 Å².